The molecule has 0 saturated heterocycles. The number of carbonyl (C=O) groups is 1. The topological polar surface area (TPSA) is 53.4 Å². The van der Waals surface area contributed by atoms with E-state index in [1.807, 2.05) is 35.4 Å². The molecule has 2 saturated carbocycles. The smallest absolute Gasteiger partial charge is 0.226 e. The van der Waals surface area contributed by atoms with Gasteiger partial charge in [-0.3, -0.25) is 9.78 Å². The molecule has 2 fully saturated rings. The monoisotopic (exact) mass is 442 g/mol. The van der Waals surface area contributed by atoms with E-state index in [1.54, 1.807) is 6.20 Å². The Bertz CT molecular complexity index is 820. The summed E-state index contributed by atoms with van der Waals surface area (Å²) in [5.74, 6) is 0.420. The zero-order valence-corrected chi connectivity index (χ0v) is 17.6. The summed E-state index contributed by atoms with van der Waals surface area (Å²) in [6, 6.07) is 12.1. The second kappa shape index (κ2) is 8.34. The molecule has 4 rings (SSSR count). The predicted octanol–water partition coefficient (Wildman–Crippen LogP) is 4.67. The van der Waals surface area contributed by atoms with Crippen LogP contribution in [0.1, 0.15) is 55.6 Å². The van der Waals surface area contributed by atoms with Crippen LogP contribution in [0.15, 0.2) is 53.3 Å². The summed E-state index contributed by atoms with van der Waals surface area (Å²) in [6.45, 7) is 0.964. The summed E-state index contributed by atoms with van der Waals surface area (Å²) in [5.41, 5.74) is 1.47. The van der Waals surface area contributed by atoms with Crippen LogP contribution in [0.4, 0.5) is 0 Å². The maximum Gasteiger partial charge on any atom is 0.226 e. The normalized spacial score (nSPS) is 23.2. The molecule has 1 aromatic carbocycles. The molecule has 0 radical (unpaired) electrons. The third-order valence-corrected chi connectivity index (χ3v) is 6.56. The third kappa shape index (κ3) is 4.64. The minimum absolute atomic E-state index is 0.00328. The Labute approximate surface area is 175 Å². The van der Waals surface area contributed by atoms with Crippen molar-refractivity contribution in [3.05, 3.63) is 64.4 Å². The molecule has 1 aromatic heterocycles. The minimum Gasteiger partial charge on any atom is -0.388 e. The highest BCUT2D eigenvalue weighted by Gasteiger charge is 2.47. The van der Waals surface area contributed by atoms with Crippen LogP contribution < -0.4 is 0 Å². The van der Waals surface area contributed by atoms with E-state index in [0.29, 0.717) is 13.1 Å². The number of pyridine rings is 1. The number of amides is 1. The first-order valence-corrected chi connectivity index (χ1v) is 11.0. The number of halogens is 1. The van der Waals surface area contributed by atoms with Crippen molar-refractivity contribution in [3.8, 4) is 0 Å². The molecule has 148 valence electrons. The van der Waals surface area contributed by atoms with Gasteiger partial charge in [-0.15, -0.1) is 0 Å². The van der Waals surface area contributed by atoms with E-state index < -0.39 is 5.60 Å². The molecule has 2 aliphatic carbocycles. The molecule has 2 atom stereocenters. The summed E-state index contributed by atoms with van der Waals surface area (Å²) in [6.07, 6.45) is 9.32. The van der Waals surface area contributed by atoms with Gasteiger partial charge in [0, 0.05) is 35.9 Å². The Morgan fingerprint density at radius 3 is 2.75 bits per heavy atom. The van der Waals surface area contributed by atoms with Crippen molar-refractivity contribution in [2.24, 2.45) is 5.92 Å². The van der Waals surface area contributed by atoms with Gasteiger partial charge in [0.25, 0.3) is 0 Å². The standard InChI is InChI=1S/C23H27BrN2O2/c24-19-8-4-6-17(12-19)15-26(16-23(28)9-2-1-3-10-23)22(27)21-13-20(21)18-7-5-11-25-14-18/h4-8,11-12,14,20-21,28H,1-3,9-10,13,15-16H2/t20-,21-/m1/s1. The highest BCUT2D eigenvalue weighted by molar-refractivity contribution is 9.10. The van der Waals surface area contributed by atoms with Gasteiger partial charge in [0.2, 0.25) is 5.91 Å². The van der Waals surface area contributed by atoms with Gasteiger partial charge in [-0.2, -0.15) is 0 Å². The fraction of sp³-hybridized carbons (Fsp3) is 0.478. The van der Waals surface area contributed by atoms with E-state index in [4.69, 9.17) is 0 Å². The van der Waals surface area contributed by atoms with Crippen LogP contribution in [0.2, 0.25) is 0 Å². The molecule has 0 unspecified atom stereocenters. The van der Waals surface area contributed by atoms with Crippen molar-refractivity contribution in [2.45, 2.75) is 56.6 Å². The van der Waals surface area contributed by atoms with E-state index in [1.165, 1.54) is 6.42 Å². The fourth-order valence-corrected chi connectivity index (χ4v) is 4.90. The second-order valence-electron chi connectivity index (χ2n) is 8.34. The molecule has 1 amide bonds. The molecule has 1 N–H and O–H groups in total. The molecule has 2 aromatic rings. The fourth-order valence-electron chi connectivity index (χ4n) is 4.46. The average molecular weight is 443 g/mol. The number of aromatic nitrogens is 1. The van der Waals surface area contributed by atoms with Crippen LogP contribution in [0.3, 0.4) is 0 Å². The zero-order valence-electron chi connectivity index (χ0n) is 16.1. The summed E-state index contributed by atoms with van der Waals surface area (Å²) >= 11 is 3.52. The van der Waals surface area contributed by atoms with Gasteiger partial charge in [-0.1, -0.05) is 53.4 Å². The van der Waals surface area contributed by atoms with Crippen LogP contribution in [0.5, 0.6) is 0 Å². The molecule has 5 heteroatoms. The van der Waals surface area contributed by atoms with Crippen LogP contribution >= 0.6 is 15.9 Å². The number of nitrogens with zero attached hydrogens (tertiary/aromatic N) is 2. The van der Waals surface area contributed by atoms with E-state index in [0.717, 1.165) is 47.7 Å². The molecule has 2 aliphatic rings. The first-order valence-electron chi connectivity index (χ1n) is 10.2. The molecule has 0 aliphatic heterocycles. The van der Waals surface area contributed by atoms with E-state index in [9.17, 15) is 9.90 Å². The lowest BCUT2D eigenvalue weighted by molar-refractivity contribution is -0.138. The van der Waals surface area contributed by atoms with Gasteiger partial charge in [-0.05, 0) is 54.5 Å². The molecule has 4 nitrogen and oxygen atoms in total. The van der Waals surface area contributed by atoms with Crippen molar-refractivity contribution in [3.63, 3.8) is 0 Å². The van der Waals surface area contributed by atoms with E-state index in [-0.39, 0.29) is 17.7 Å². The maximum absolute atomic E-state index is 13.4. The van der Waals surface area contributed by atoms with Gasteiger partial charge in [0.15, 0.2) is 0 Å². The lowest BCUT2D eigenvalue weighted by Gasteiger charge is -2.37. The Hall–Kier alpha value is -1.72. The van der Waals surface area contributed by atoms with Crippen molar-refractivity contribution in [2.75, 3.05) is 6.54 Å². The van der Waals surface area contributed by atoms with Gasteiger partial charge in [0.1, 0.15) is 0 Å². The molecular weight excluding hydrogens is 416 g/mol. The minimum atomic E-state index is -0.751. The first kappa shape index (κ1) is 19.6. The van der Waals surface area contributed by atoms with Gasteiger partial charge >= 0.3 is 0 Å². The largest absolute Gasteiger partial charge is 0.388 e. The van der Waals surface area contributed by atoms with Gasteiger partial charge < -0.3 is 10.0 Å². The van der Waals surface area contributed by atoms with Crippen molar-refractivity contribution < 1.29 is 9.90 Å². The summed E-state index contributed by atoms with van der Waals surface area (Å²) in [4.78, 5) is 19.5. The maximum atomic E-state index is 13.4. The van der Waals surface area contributed by atoms with Crippen LogP contribution in [0.25, 0.3) is 0 Å². The lowest BCUT2D eigenvalue weighted by Crippen LogP contribution is -2.47. The highest BCUT2D eigenvalue weighted by Crippen LogP contribution is 2.48. The Balaban J connectivity index is 1.51. The third-order valence-electron chi connectivity index (χ3n) is 6.06. The lowest BCUT2D eigenvalue weighted by atomic mass is 9.84. The summed E-state index contributed by atoms with van der Waals surface area (Å²) in [7, 11) is 0. The second-order valence-corrected chi connectivity index (χ2v) is 9.26. The van der Waals surface area contributed by atoms with Crippen molar-refractivity contribution in [1.82, 2.24) is 9.88 Å². The van der Waals surface area contributed by atoms with E-state index in [2.05, 4.69) is 33.0 Å². The summed E-state index contributed by atoms with van der Waals surface area (Å²) in [5, 5.41) is 11.1. The Kier molecular flexibility index (Phi) is 5.83. The predicted molar refractivity (Wildman–Crippen MR) is 113 cm³/mol. The van der Waals surface area contributed by atoms with Crippen molar-refractivity contribution >= 4 is 21.8 Å². The number of rotatable bonds is 6. The van der Waals surface area contributed by atoms with Crippen LogP contribution in [0, 0.1) is 5.92 Å². The van der Waals surface area contributed by atoms with Crippen molar-refractivity contribution in [1.29, 1.82) is 0 Å². The quantitative estimate of drug-likeness (QED) is 0.706. The zero-order chi connectivity index (χ0) is 19.6. The SMILES string of the molecule is O=C([C@@H]1C[C@@H]1c1cccnc1)N(Cc1cccc(Br)c1)CC1(O)CCCCC1. The summed E-state index contributed by atoms with van der Waals surface area (Å²) < 4.78 is 1.01. The Morgan fingerprint density at radius 2 is 2.04 bits per heavy atom. The first-order chi connectivity index (χ1) is 13.5. The number of benzene rings is 1. The molecule has 28 heavy (non-hydrogen) atoms. The number of carbonyl (C=O) groups excluding carboxylic acids is 1. The molecule has 0 spiro atoms. The van der Waals surface area contributed by atoms with Gasteiger partial charge in [-0.25, -0.2) is 0 Å². The highest BCUT2D eigenvalue weighted by atomic mass is 79.9. The number of hydrogen-bond donors (Lipinski definition) is 1. The van der Waals surface area contributed by atoms with Crippen LogP contribution in [-0.2, 0) is 11.3 Å². The molecule has 0 bridgehead atoms. The van der Waals surface area contributed by atoms with Gasteiger partial charge in [0.05, 0.1) is 5.60 Å². The number of aliphatic hydroxyl groups is 1. The average Bonchev–Trinajstić information content (AvgIpc) is 3.49. The Morgan fingerprint density at radius 1 is 1.21 bits per heavy atom. The van der Waals surface area contributed by atoms with E-state index >= 15 is 0 Å². The van der Waals surface area contributed by atoms with Crippen LogP contribution in [-0.4, -0.2) is 33.0 Å². The molecular formula is C23H27BrN2O2. The number of hydrogen-bond acceptors (Lipinski definition) is 3. The molecule has 1 heterocycles.